The highest BCUT2D eigenvalue weighted by atomic mass is 35.5. The molecule has 3 aromatic rings. The fourth-order valence-electron chi connectivity index (χ4n) is 2.26. The van der Waals surface area contributed by atoms with E-state index in [4.69, 9.17) is 16.3 Å². The molecule has 0 spiro atoms. The van der Waals surface area contributed by atoms with Gasteiger partial charge in [0.2, 0.25) is 0 Å². The first-order valence-corrected chi connectivity index (χ1v) is 7.93. The van der Waals surface area contributed by atoms with Crippen molar-refractivity contribution in [1.82, 2.24) is 0 Å². The maximum absolute atomic E-state index is 12.5. The van der Waals surface area contributed by atoms with Crippen molar-refractivity contribution in [2.45, 2.75) is 6.61 Å². The molecule has 0 saturated heterocycles. The lowest BCUT2D eigenvalue weighted by atomic mass is 10.1. The Balaban J connectivity index is 1.79. The van der Waals surface area contributed by atoms with E-state index < -0.39 is 0 Å². The van der Waals surface area contributed by atoms with Gasteiger partial charge in [-0.3, -0.25) is 4.79 Å². The van der Waals surface area contributed by atoms with Gasteiger partial charge in [-0.05, 0) is 35.9 Å². The summed E-state index contributed by atoms with van der Waals surface area (Å²) < 4.78 is 5.82. The summed E-state index contributed by atoms with van der Waals surface area (Å²) in [6, 6.07) is 24.1. The van der Waals surface area contributed by atoms with Crippen molar-refractivity contribution in [1.29, 1.82) is 0 Å². The van der Waals surface area contributed by atoms with Crippen LogP contribution in [0.4, 0.5) is 5.69 Å². The van der Waals surface area contributed by atoms with Crippen LogP contribution in [-0.4, -0.2) is 5.91 Å². The van der Waals surface area contributed by atoms with Crippen LogP contribution in [0.3, 0.4) is 0 Å². The van der Waals surface area contributed by atoms with Crippen LogP contribution < -0.4 is 10.1 Å². The van der Waals surface area contributed by atoms with Gasteiger partial charge in [-0.2, -0.15) is 0 Å². The smallest absolute Gasteiger partial charge is 0.259 e. The number of rotatable bonds is 5. The monoisotopic (exact) mass is 337 g/mol. The number of hydrogen-bond donors (Lipinski definition) is 1. The molecule has 3 rings (SSSR count). The highest BCUT2D eigenvalue weighted by Gasteiger charge is 2.14. The quantitative estimate of drug-likeness (QED) is 0.697. The molecule has 0 aliphatic carbocycles. The summed E-state index contributed by atoms with van der Waals surface area (Å²) in [5, 5.41) is 3.33. The Morgan fingerprint density at radius 2 is 1.58 bits per heavy atom. The molecule has 3 aromatic carbocycles. The first kappa shape index (κ1) is 16.1. The molecule has 3 nitrogen and oxygen atoms in total. The Kier molecular flexibility index (Phi) is 5.14. The third-order valence-corrected chi connectivity index (χ3v) is 3.69. The molecule has 0 aliphatic heterocycles. The summed E-state index contributed by atoms with van der Waals surface area (Å²) in [5.74, 6) is 0.239. The molecule has 0 radical (unpaired) electrons. The number of halogens is 1. The van der Waals surface area contributed by atoms with Gasteiger partial charge in [-0.1, -0.05) is 60.1 Å². The van der Waals surface area contributed by atoms with Crippen LogP contribution in [-0.2, 0) is 6.61 Å². The lowest BCUT2D eigenvalue weighted by Gasteiger charge is -2.12. The van der Waals surface area contributed by atoms with E-state index in [1.54, 1.807) is 18.2 Å². The van der Waals surface area contributed by atoms with Crippen LogP contribution in [0, 0.1) is 0 Å². The Morgan fingerprint density at radius 1 is 0.917 bits per heavy atom. The average molecular weight is 338 g/mol. The maximum Gasteiger partial charge on any atom is 0.259 e. The van der Waals surface area contributed by atoms with E-state index in [0.717, 1.165) is 11.3 Å². The minimum Gasteiger partial charge on any atom is -0.488 e. The second-order valence-electron chi connectivity index (χ2n) is 5.23. The molecule has 0 bridgehead atoms. The average Bonchev–Trinajstić information content (AvgIpc) is 2.62. The van der Waals surface area contributed by atoms with Crippen LogP contribution in [0.2, 0.25) is 5.02 Å². The second kappa shape index (κ2) is 7.66. The Morgan fingerprint density at radius 3 is 2.29 bits per heavy atom. The molecule has 4 heteroatoms. The normalized spacial score (nSPS) is 10.2. The van der Waals surface area contributed by atoms with Crippen molar-refractivity contribution in [3.8, 4) is 5.75 Å². The van der Waals surface area contributed by atoms with E-state index in [1.165, 1.54) is 0 Å². The molecule has 1 amide bonds. The van der Waals surface area contributed by atoms with E-state index in [0.29, 0.717) is 22.9 Å². The van der Waals surface area contributed by atoms with Gasteiger partial charge in [-0.25, -0.2) is 0 Å². The van der Waals surface area contributed by atoms with E-state index >= 15 is 0 Å². The molecule has 0 aromatic heterocycles. The highest BCUT2D eigenvalue weighted by Crippen LogP contribution is 2.25. The molecule has 0 saturated carbocycles. The number of benzene rings is 3. The summed E-state index contributed by atoms with van der Waals surface area (Å²) in [6.45, 7) is 0.383. The van der Waals surface area contributed by atoms with Crippen molar-refractivity contribution >= 4 is 23.2 Å². The zero-order valence-electron chi connectivity index (χ0n) is 12.9. The molecule has 0 fully saturated rings. The van der Waals surface area contributed by atoms with Gasteiger partial charge >= 0.3 is 0 Å². The van der Waals surface area contributed by atoms with Crippen LogP contribution >= 0.6 is 11.6 Å². The topological polar surface area (TPSA) is 38.3 Å². The van der Waals surface area contributed by atoms with Crippen molar-refractivity contribution in [2.75, 3.05) is 5.32 Å². The fraction of sp³-hybridized carbons (Fsp3) is 0.0500. The lowest BCUT2D eigenvalue weighted by molar-refractivity contribution is 0.102. The lowest BCUT2D eigenvalue weighted by Crippen LogP contribution is -2.13. The van der Waals surface area contributed by atoms with E-state index in [9.17, 15) is 4.79 Å². The van der Waals surface area contributed by atoms with Gasteiger partial charge in [0.05, 0.1) is 5.56 Å². The minimum absolute atomic E-state index is 0.258. The minimum atomic E-state index is -0.258. The van der Waals surface area contributed by atoms with Crippen LogP contribution in [0.25, 0.3) is 0 Å². The first-order chi connectivity index (χ1) is 11.7. The number of ether oxygens (including phenoxy) is 1. The summed E-state index contributed by atoms with van der Waals surface area (Å²) in [6.07, 6.45) is 0. The number of carbonyl (C=O) groups is 1. The number of anilines is 1. The fourth-order valence-corrected chi connectivity index (χ4v) is 2.43. The number of nitrogens with one attached hydrogen (secondary N) is 1. The predicted octanol–water partition coefficient (Wildman–Crippen LogP) is 5.17. The Bertz CT molecular complexity index is 820. The highest BCUT2D eigenvalue weighted by molar-refractivity contribution is 6.31. The Labute approximate surface area is 145 Å². The molecule has 0 unspecified atom stereocenters. The maximum atomic E-state index is 12.5. The van der Waals surface area contributed by atoms with Crippen LogP contribution in [0.15, 0.2) is 78.9 Å². The molecule has 1 N–H and O–H groups in total. The Hall–Kier alpha value is -2.78. The van der Waals surface area contributed by atoms with Crippen molar-refractivity contribution < 1.29 is 9.53 Å². The zero-order chi connectivity index (χ0) is 16.8. The standard InChI is InChI=1S/C20H16ClNO2/c21-16-11-12-19(24-14-15-7-3-1-4-8-15)18(13-16)20(23)22-17-9-5-2-6-10-17/h1-13H,14H2,(H,22,23). The molecular weight excluding hydrogens is 322 g/mol. The summed E-state index contributed by atoms with van der Waals surface area (Å²) in [5.41, 5.74) is 2.15. The molecule has 0 aliphatic rings. The number of carbonyl (C=O) groups excluding carboxylic acids is 1. The number of amides is 1. The number of para-hydroxylation sites is 1. The first-order valence-electron chi connectivity index (χ1n) is 7.55. The van der Waals surface area contributed by atoms with E-state index in [2.05, 4.69) is 5.32 Å². The largest absolute Gasteiger partial charge is 0.488 e. The van der Waals surface area contributed by atoms with Gasteiger partial charge in [0, 0.05) is 10.7 Å². The molecule has 120 valence electrons. The second-order valence-corrected chi connectivity index (χ2v) is 5.67. The molecular formula is C20H16ClNO2. The molecule has 24 heavy (non-hydrogen) atoms. The molecule has 0 heterocycles. The summed E-state index contributed by atoms with van der Waals surface area (Å²) in [4.78, 5) is 12.5. The van der Waals surface area contributed by atoms with Gasteiger partial charge in [-0.15, -0.1) is 0 Å². The zero-order valence-corrected chi connectivity index (χ0v) is 13.7. The summed E-state index contributed by atoms with van der Waals surface area (Å²) >= 11 is 6.05. The van der Waals surface area contributed by atoms with Gasteiger partial charge in [0.1, 0.15) is 12.4 Å². The third-order valence-electron chi connectivity index (χ3n) is 3.46. The van der Waals surface area contributed by atoms with Gasteiger partial charge < -0.3 is 10.1 Å². The van der Waals surface area contributed by atoms with Crippen molar-refractivity contribution in [2.24, 2.45) is 0 Å². The van der Waals surface area contributed by atoms with E-state index in [1.807, 2.05) is 60.7 Å². The van der Waals surface area contributed by atoms with Crippen LogP contribution in [0.1, 0.15) is 15.9 Å². The van der Waals surface area contributed by atoms with Crippen LogP contribution in [0.5, 0.6) is 5.75 Å². The SMILES string of the molecule is O=C(Nc1ccccc1)c1cc(Cl)ccc1OCc1ccccc1. The predicted molar refractivity (Wildman–Crippen MR) is 96.6 cm³/mol. The third kappa shape index (κ3) is 4.15. The number of hydrogen-bond acceptors (Lipinski definition) is 2. The van der Waals surface area contributed by atoms with E-state index in [-0.39, 0.29) is 5.91 Å². The van der Waals surface area contributed by atoms with Gasteiger partial charge in [0.15, 0.2) is 0 Å². The van der Waals surface area contributed by atoms with Gasteiger partial charge in [0.25, 0.3) is 5.91 Å². The molecule has 0 atom stereocenters. The van der Waals surface area contributed by atoms with Crippen molar-refractivity contribution in [3.05, 3.63) is 95.0 Å². The van der Waals surface area contributed by atoms with Crippen molar-refractivity contribution in [3.63, 3.8) is 0 Å². The summed E-state index contributed by atoms with van der Waals surface area (Å²) in [7, 11) is 0.